The SMILES string of the molecule is C/C=C/c1ccc(OCC(=O)Nc2cccc(S(C)(=O)=O)c2)c(OC)c1. The van der Waals surface area contributed by atoms with Gasteiger partial charge in [0.15, 0.2) is 27.9 Å². The molecule has 7 heteroatoms. The molecular weight excluding hydrogens is 354 g/mol. The number of anilines is 1. The highest BCUT2D eigenvalue weighted by molar-refractivity contribution is 7.90. The van der Waals surface area contributed by atoms with Gasteiger partial charge in [-0.2, -0.15) is 0 Å². The van der Waals surface area contributed by atoms with Crippen LogP contribution < -0.4 is 14.8 Å². The Labute approximate surface area is 153 Å². The molecule has 0 saturated heterocycles. The van der Waals surface area contributed by atoms with Crippen LogP contribution in [0.1, 0.15) is 12.5 Å². The lowest BCUT2D eigenvalue weighted by Crippen LogP contribution is -2.20. The number of methoxy groups -OCH3 is 1. The first-order chi connectivity index (χ1) is 12.3. The van der Waals surface area contributed by atoms with Crippen molar-refractivity contribution in [2.75, 3.05) is 25.3 Å². The third-order valence-corrected chi connectivity index (χ3v) is 4.56. The molecule has 0 aromatic heterocycles. The van der Waals surface area contributed by atoms with Crippen LogP contribution in [-0.4, -0.2) is 34.3 Å². The molecule has 0 heterocycles. The fraction of sp³-hybridized carbons (Fsp3) is 0.211. The number of sulfone groups is 1. The number of carbonyl (C=O) groups excluding carboxylic acids is 1. The van der Waals surface area contributed by atoms with Gasteiger partial charge in [-0.1, -0.05) is 24.3 Å². The zero-order valence-corrected chi connectivity index (χ0v) is 15.7. The quantitative estimate of drug-likeness (QED) is 0.804. The number of hydrogen-bond donors (Lipinski definition) is 1. The summed E-state index contributed by atoms with van der Waals surface area (Å²) in [7, 11) is -1.81. The number of nitrogens with one attached hydrogen (secondary N) is 1. The Kier molecular flexibility index (Phi) is 6.41. The van der Waals surface area contributed by atoms with Crippen molar-refractivity contribution < 1.29 is 22.7 Å². The maximum absolute atomic E-state index is 12.1. The van der Waals surface area contributed by atoms with Crippen molar-refractivity contribution in [3.63, 3.8) is 0 Å². The van der Waals surface area contributed by atoms with Crippen molar-refractivity contribution in [2.45, 2.75) is 11.8 Å². The minimum absolute atomic E-state index is 0.137. The Morgan fingerprint density at radius 3 is 2.58 bits per heavy atom. The molecule has 1 N–H and O–H groups in total. The molecule has 1 amide bonds. The third kappa shape index (κ3) is 5.35. The number of amides is 1. The fourth-order valence-corrected chi connectivity index (χ4v) is 2.91. The molecule has 0 atom stereocenters. The molecule has 0 aliphatic heterocycles. The van der Waals surface area contributed by atoms with E-state index < -0.39 is 15.7 Å². The fourth-order valence-electron chi connectivity index (χ4n) is 2.24. The van der Waals surface area contributed by atoms with Crippen LogP contribution in [0.5, 0.6) is 11.5 Å². The predicted octanol–water partition coefficient (Wildman–Crippen LogP) is 3.15. The van der Waals surface area contributed by atoms with Gasteiger partial charge in [-0.3, -0.25) is 4.79 Å². The normalized spacial score (nSPS) is 11.3. The monoisotopic (exact) mass is 375 g/mol. The lowest BCUT2D eigenvalue weighted by molar-refractivity contribution is -0.118. The molecule has 0 unspecified atom stereocenters. The van der Waals surface area contributed by atoms with Gasteiger partial charge in [0, 0.05) is 11.9 Å². The Hall–Kier alpha value is -2.80. The zero-order chi connectivity index (χ0) is 19.2. The predicted molar refractivity (Wildman–Crippen MR) is 101 cm³/mol. The number of hydrogen-bond acceptors (Lipinski definition) is 5. The number of ether oxygens (including phenoxy) is 2. The van der Waals surface area contributed by atoms with Crippen LogP contribution >= 0.6 is 0 Å². The van der Waals surface area contributed by atoms with Crippen LogP contribution in [0, 0.1) is 0 Å². The summed E-state index contributed by atoms with van der Waals surface area (Å²) in [5, 5.41) is 2.61. The van der Waals surface area contributed by atoms with Gasteiger partial charge in [0.1, 0.15) is 0 Å². The summed E-state index contributed by atoms with van der Waals surface area (Å²) in [4.78, 5) is 12.2. The molecule has 0 saturated carbocycles. The highest BCUT2D eigenvalue weighted by Crippen LogP contribution is 2.28. The van der Waals surface area contributed by atoms with E-state index >= 15 is 0 Å². The van der Waals surface area contributed by atoms with E-state index in [-0.39, 0.29) is 11.5 Å². The first kappa shape index (κ1) is 19.5. The van der Waals surface area contributed by atoms with E-state index in [2.05, 4.69) is 5.32 Å². The Balaban J connectivity index is 2.03. The van der Waals surface area contributed by atoms with Gasteiger partial charge in [0.05, 0.1) is 12.0 Å². The number of allylic oxidation sites excluding steroid dienone is 1. The Morgan fingerprint density at radius 1 is 1.15 bits per heavy atom. The smallest absolute Gasteiger partial charge is 0.262 e. The van der Waals surface area contributed by atoms with Crippen molar-refractivity contribution in [1.29, 1.82) is 0 Å². The molecule has 2 aromatic rings. The van der Waals surface area contributed by atoms with E-state index in [0.29, 0.717) is 17.2 Å². The first-order valence-corrected chi connectivity index (χ1v) is 9.76. The highest BCUT2D eigenvalue weighted by Gasteiger charge is 2.11. The van der Waals surface area contributed by atoms with Gasteiger partial charge in [-0.25, -0.2) is 8.42 Å². The van der Waals surface area contributed by atoms with E-state index in [1.54, 1.807) is 18.2 Å². The molecule has 138 valence electrons. The summed E-state index contributed by atoms with van der Waals surface area (Å²) in [6.45, 7) is 1.68. The molecule has 0 fully saturated rings. The molecule has 0 aliphatic carbocycles. The molecule has 0 spiro atoms. The van der Waals surface area contributed by atoms with E-state index in [4.69, 9.17) is 9.47 Å². The van der Waals surface area contributed by atoms with Crippen LogP contribution in [0.2, 0.25) is 0 Å². The van der Waals surface area contributed by atoms with Crippen molar-refractivity contribution in [2.24, 2.45) is 0 Å². The topological polar surface area (TPSA) is 81.7 Å². The minimum Gasteiger partial charge on any atom is -0.493 e. The van der Waals surface area contributed by atoms with E-state index in [1.807, 2.05) is 31.2 Å². The maximum atomic E-state index is 12.1. The van der Waals surface area contributed by atoms with Gasteiger partial charge < -0.3 is 14.8 Å². The highest BCUT2D eigenvalue weighted by atomic mass is 32.2. The Bertz CT molecular complexity index is 919. The van der Waals surface area contributed by atoms with Crippen molar-refractivity contribution in [3.8, 4) is 11.5 Å². The lowest BCUT2D eigenvalue weighted by atomic mass is 10.2. The largest absolute Gasteiger partial charge is 0.493 e. The minimum atomic E-state index is -3.34. The second kappa shape index (κ2) is 8.53. The summed E-state index contributed by atoms with van der Waals surface area (Å²) >= 11 is 0. The Morgan fingerprint density at radius 2 is 1.92 bits per heavy atom. The lowest BCUT2D eigenvalue weighted by Gasteiger charge is -2.12. The molecular formula is C19H21NO5S. The second-order valence-electron chi connectivity index (χ2n) is 5.55. The summed E-state index contributed by atoms with van der Waals surface area (Å²) in [6.07, 6.45) is 4.95. The van der Waals surface area contributed by atoms with Crippen LogP contribution in [0.4, 0.5) is 5.69 Å². The summed E-state index contributed by atoms with van der Waals surface area (Å²) in [6, 6.07) is 11.4. The molecule has 2 rings (SSSR count). The van der Waals surface area contributed by atoms with Crippen LogP contribution in [-0.2, 0) is 14.6 Å². The number of carbonyl (C=O) groups is 1. The van der Waals surface area contributed by atoms with E-state index in [1.165, 1.54) is 19.2 Å². The summed E-state index contributed by atoms with van der Waals surface area (Å²) in [5.74, 6) is 0.559. The van der Waals surface area contributed by atoms with Gasteiger partial charge in [0.2, 0.25) is 0 Å². The molecule has 0 radical (unpaired) electrons. The van der Waals surface area contributed by atoms with Crippen LogP contribution in [0.3, 0.4) is 0 Å². The summed E-state index contributed by atoms with van der Waals surface area (Å²) < 4.78 is 33.9. The van der Waals surface area contributed by atoms with Crippen LogP contribution in [0.15, 0.2) is 53.4 Å². The first-order valence-electron chi connectivity index (χ1n) is 7.87. The van der Waals surface area contributed by atoms with Crippen molar-refractivity contribution in [3.05, 3.63) is 54.1 Å². The zero-order valence-electron chi connectivity index (χ0n) is 14.9. The van der Waals surface area contributed by atoms with E-state index in [0.717, 1.165) is 11.8 Å². The standard InChI is InChI=1S/C19H21NO5S/c1-4-6-14-9-10-17(18(11-14)24-2)25-13-19(21)20-15-7-5-8-16(12-15)26(3,22)23/h4-12H,13H2,1-3H3,(H,20,21)/b6-4+. The van der Waals surface area contributed by atoms with Crippen LogP contribution in [0.25, 0.3) is 6.08 Å². The van der Waals surface area contributed by atoms with Gasteiger partial charge in [-0.05, 0) is 42.8 Å². The third-order valence-electron chi connectivity index (χ3n) is 3.45. The average molecular weight is 375 g/mol. The molecule has 0 aliphatic rings. The average Bonchev–Trinajstić information content (AvgIpc) is 2.60. The number of benzene rings is 2. The van der Waals surface area contributed by atoms with Gasteiger partial charge >= 0.3 is 0 Å². The van der Waals surface area contributed by atoms with Gasteiger partial charge in [0.25, 0.3) is 5.91 Å². The van der Waals surface area contributed by atoms with Crippen molar-refractivity contribution in [1.82, 2.24) is 0 Å². The van der Waals surface area contributed by atoms with Gasteiger partial charge in [-0.15, -0.1) is 0 Å². The van der Waals surface area contributed by atoms with E-state index in [9.17, 15) is 13.2 Å². The molecule has 0 bridgehead atoms. The molecule has 2 aromatic carbocycles. The summed E-state index contributed by atoms with van der Waals surface area (Å²) in [5.41, 5.74) is 1.34. The molecule has 6 nitrogen and oxygen atoms in total. The second-order valence-corrected chi connectivity index (χ2v) is 7.56. The maximum Gasteiger partial charge on any atom is 0.262 e. The van der Waals surface area contributed by atoms with Crippen molar-refractivity contribution >= 4 is 27.5 Å². The molecule has 26 heavy (non-hydrogen) atoms. The number of rotatable bonds is 7.